The molecule has 90 valence electrons. The molecule has 0 saturated heterocycles. The fourth-order valence-corrected chi connectivity index (χ4v) is 4.32. The number of allylic oxidation sites excluding steroid dienone is 1. The van der Waals surface area contributed by atoms with Gasteiger partial charge in [0.1, 0.15) is 0 Å². The highest BCUT2D eigenvalue weighted by Crippen LogP contribution is 2.56. The Morgan fingerprint density at radius 1 is 1.06 bits per heavy atom. The lowest BCUT2D eigenvalue weighted by molar-refractivity contribution is 0.0638. The number of hydrogen-bond acceptors (Lipinski definition) is 1. The van der Waals surface area contributed by atoms with Crippen molar-refractivity contribution in [3.63, 3.8) is 0 Å². The average molecular weight is 241 g/mol. The van der Waals surface area contributed by atoms with Gasteiger partial charge in [0.15, 0.2) is 0 Å². The van der Waals surface area contributed by atoms with Crippen molar-refractivity contribution in [2.45, 2.75) is 38.5 Å². The van der Waals surface area contributed by atoms with Crippen LogP contribution in [0.3, 0.4) is 0 Å². The van der Waals surface area contributed by atoms with Crippen molar-refractivity contribution >= 4 is 11.6 Å². The number of alkyl halides is 1. The van der Waals surface area contributed by atoms with E-state index >= 15 is 0 Å². The standard InChI is InChI=1S/C14H21ClO/c15-2-1-3-16-9-14-12-5-10-4-11(7-12)8-13(14)6-10/h9-13H,1-8H2. The molecule has 0 N–H and O–H groups in total. The fourth-order valence-electron chi connectivity index (χ4n) is 4.21. The minimum absolute atomic E-state index is 0.709. The minimum atomic E-state index is 0.709. The van der Waals surface area contributed by atoms with Crippen LogP contribution < -0.4 is 0 Å². The van der Waals surface area contributed by atoms with Crippen molar-refractivity contribution in [2.24, 2.45) is 23.7 Å². The maximum atomic E-state index is 5.65. The molecular formula is C14H21ClO. The van der Waals surface area contributed by atoms with Gasteiger partial charge in [-0.25, -0.2) is 0 Å². The van der Waals surface area contributed by atoms with Crippen molar-refractivity contribution in [3.8, 4) is 0 Å². The van der Waals surface area contributed by atoms with E-state index in [9.17, 15) is 0 Å². The first-order valence-corrected chi connectivity index (χ1v) is 7.27. The Balaban J connectivity index is 1.63. The van der Waals surface area contributed by atoms with Crippen LogP contribution in [0.15, 0.2) is 11.8 Å². The van der Waals surface area contributed by atoms with Crippen LogP contribution >= 0.6 is 11.6 Å². The van der Waals surface area contributed by atoms with Gasteiger partial charge in [-0.1, -0.05) is 0 Å². The molecule has 0 heterocycles. The quantitative estimate of drug-likeness (QED) is 0.411. The summed E-state index contributed by atoms with van der Waals surface area (Å²) in [6, 6.07) is 0. The molecule has 4 fully saturated rings. The highest BCUT2D eigenvalue weighted by atomic mass is 35.5. The molecule has 16 heavy (non-hydrogen) atoms. The van der Waals surface area contributed by atoms with Gasteiger partial charge >= 0.3 is 0 Å². The third kappa shape index (κ3) is 1.99. The lowest BCUT2D eigenvalue weighted by atomic mass is 9.54. The van der Waals surface area contributed by atoms with Gasteiger partial charge in [-0.2, -0.15) is 0 Å². The van der Waals surface area contributed by atoms with Crippen LogP contribution in [0.25, 0.3) is 0 Å². The van der Waals surface area contributed by atoms with Crippen molar-refractivity contribution < 1.29 is 4.74 Å². The Bertz CT molecular complexity index is 254. The van der Waals surface area contributed by atoms with Crippen LogP contribution in [0.1, 0.15) is 38.5 Å². The van der Waals surface area contributed by atoms with Gasteiger partial charge in [0.25, 0.3) is 0 Å². The number of ether oxygens (including phenoxy) is 1. The summed E-state index contributed by atoms with van der Waals surface area (Å²) in [7, 11) is 0. The molecule has 0 radical (unpaired) electrons. The maximum absolute atomic E-state index is 5.65. The Hall–Kier alpha value is -0.170. The summed E-state index contributed by atoms with van der Waals surface area (Å²) in [5.74, 6) is 4.53. The number of halogens is 1. The Morgan fingerprint density at radius 2 is 1.69 bits per heavy atom. The third-order valence-corrected chi connectivity index (χ3v) is 4.96. The van der Waals surface area contributed by atoms with Crippen LogP contribution in [0.4, 0.5) is 0 Å². The zero-order valence-corrected chi connectivity index (χ0v) is 10.6. The molecule has 0 aliphatic heterocycles. The Labute approximate surface area is 103 Å². The number of hydrogen-bond donors (Lipinski definition) is 0. The predicted molar refractivity (Wildman–Crippen MR) is 66.4 cm³/mol. The molecule has 4 aliphatic carbocycles. The zero-order chi connectivity index (χ0) is 11.0. The van der Waals surface area contributed by atoms with E-state index in [1.165, 1.54) is 32.1 Å². The topological polar surface area (TPSA) is 9.23 Å². The van der Waals surface area contributed by atoms with Gasteiger partial charge in [-0.15, -0.1) is 11.6 Å². The Kier molecular flexibility index (Phi) is 3.15. The summed E-state index contributed by atoms with van der Waals surface area (Å²) in [6.45, 7) is 0.791. The lowest BCUT2D eigenvalue weighted by Gasteiger charge is -2.51. The smallest absolute Gasteiger partial charge is 0.0884 e. The molecule has 0 unspecified atom stereocenters. The van der Waals surface area contributed by atoms with E-state index in [4.69, 9.17) is 16.3 Å². The molecule has 0 aromatic heterocycles. The average Bonchev–Trinajstić information content (AvgIpc) is 2.26. The van der Waals surface area contributed by atoms with Crippen molar-refractivity contribution in [2.75, 3.05) is 12.5 Å². The van der Waals surface area contributed by atoms with E-state index in [2.05, 4.69) is 6.26 Å². The summed E-state index contributed by atoms with van der Waals surface area (Å²) >= 11 is 5.64. The largest absolute Gasteiger partial charge is 0.501 e. The molecule has 4 rings (SSSR count). The maximum Gasteiger partial charge on any atom is 0.0884 e. The monoisotopic (exact) mass is 240 g/mol. The first kappa shape index (κ1) is 11.0. The molecule has 2 heteroatoms. The molecule has 0 atom stereocenters. The van der Waals surface area contributed by atoms with Crippen LogP contribution in [0.5, 0.6) is 0 Å². The third-order valence-electron chi connectivity index (χ3n) is 4.70. The Morgan fingerprint density at radius 3 is 2.25 bits per heavy atom. The summed E-state index contributed by atoms with van der Waals surface area (Å²) in [5.41, 5.74) is 1.64. The highest BCUT2D eigenvalue weighted by Gasteiger charge is 2.45. The molecule has 4 bridgehead atoms. The van der Waals surface area contributed by atoms with Crippen LogP contribution in [-0.4, -0.2) is 12.5 Å². The minimum Gasteiger partial charge on any atom is -0.501 e. The van der Waals surface area contributed by atoms with E-state index in [1.54, 1.807) is 5.57 Å². The zero-order valence-electron chi connectivity index (χ0n) is 9.83. The summed E-state index contributed by atoms with van der Waals surface area (Å²) < 4.78 is 5.65. The van der Waals surface area contributed by atoms with Crippen LogP contribution in [0, 0.1) is 23.7 Å². The van der Waals surface area contributed by atoms with E-state index in [1.807, 2.05) is 0 Å². The van der Waals surface area contributed by atoms with Crippen LogP contribution in [0.2, 0.25) is 0 Å². The van der Waals surface area contributed by atoms with Gasteiger partial charge in [0.2, 0.25) is 0 Å². The second kappa shape index (κ2) is 4.60. The predicted octanol–water partition coefficient (Wildman–Crippen LogP) is 3.97. The molecule has 0 aromatic rings. The van der Waals surface area contributed by atoms with Gasteiger partial charge in [-0.3, -0.25) is 0 Å². The molecule has 1 nitrogen and oxygen atoms in total. The summed E-state index contributed by atoms with van der Waals surface area (Å²) in [5, 5.41) is 0. The van der Waals surface area contributed by atoms with Gasteiger partial charge in [0.05, 0.1) is 12.9 Å². The SMILES string of the molecule is ClCCCOC=C1C2CC3CC(C2)CC1C3. The molecule has 0 aromatic carbocycles. The van der Waals surface area contributed by atoms with Gasteiger partial charge in [0, 0.05) is 5.88 Å². The fraction of sp³-hybridized carbons (Fsp3) is 0.857. The second-order valence-electron chi connectivity index (χ2n) is 5.84. The first-order chi connectivity index (χ1) is 7.86. The number of rotatable bonds is 4. The van der Waals surface area contributed by atoms with Gasteiger partial charge < -0.3 is 4.74 Å². The summed E-state index contributed by atoms with van der Waals surface area (Å²) in [6.07, 6.45) is 10.4. The molecule has 4 saturated carbocycles. The van der Waals surface area contributed by atoms with E-state index in [0.29, 0.717) is 5.88 Å². The van der Waals surface area contributed by atoms with Crippen molar-refractivity contribution in [1.82, 2.24) is 0 Å². The molecule has 0 amide bonds. The van der Waals surface area contributed by atoms with E-state index in [0.717, 1.165) is 36.7 Å². The molecule has 4 aliphatic rings. The summed E-state index contributed by atoms with van der Waals surface area (Å²) in [4.78, 5) is 0. The van der Waals surface area contributed by atoms with E-state index in [-0.39, 0.29) is 0 Å². The lowest BCUT2D eigenvalue weighted by Crippen LogP contribution is -2.40. The first-order valence-electron chi connectivity index (χ1n) is 6.74. The van der Waals surface area contributed by atoms with Crippen LogP contribution in [-0.2, 0) is 4.74 Å². The normalized spacial score (nSPS) is 40.2. The highest BCUT2D eigenvalue weighted by molar-refractivity contribution is 6.17. The van der Waals surface area contributed by atoms with Gasteiger partial charge in [-0.05, 0) is 67.8 Å². The molecular weight excluding hydrogens is 220 g/mol. The van der Waals surface area contributed by atoms with E-state index < -0.39 is 0 Å². The molecule has 0 spiro atoms. The van der Waals surface area contributed by atoms with Crippen molar-refractivity contribution in [1.29, 1.82) is 0 Å². The second-order valence-corrected chi connectivity index (χ2v) is 6.21. The van der Waals surface area contributed by atoms with Crippen molar-refractivity contribution in [3.05, 3.63) is 11.8 Å².